The lowest BCUT2D eigenvalue weighted by Crippen LogP contribution is -2.60. The molecule has 1 aliphatic carbocycles. The van der Waals surface area contributed by atoms with Crippen molar-refractivity contribution in [1.29, 1.82) is 0 Å². The van der Waals surface area contributed by atoms with E-state index >= 15 is 0 Å². The standard InChI is InChI=1S/C14H30N2O2/c1-11(2)15-14(10-17,13-6-7-13)9-16(4)12(3)8-18-5/h11-13,15,17H,6-10H2,1-5H3. The molecular formula is C14H30N2O2. The Morgan fingerprint density at radius 1 is 1.39 bits per heavy atom. The fourth-order valence-electron chi connectivity index (χ4n) is 2.70. The number of methoxy groups -OCH3 is 1. The Bertz CT molecular complexity index is 244. The van der Waals surface area contributed by atoms with Gasteiger partial charge in [-0.2, -0.15) is 0 Å². The number of nitrogens with zero attached hydrogens (tertiary/aromatic N) is 1. The van der Waals surface area contributed by atoms with Crippen LogP contribution < -0.4 is 5.32 Å². The van der Waals surface area contributed by atoms with Gasteiger partial charge in [-0.05, 0) is 32.7 Å². The van der Waals surface area contributed by atoms with Crippen molar-refractivity contribution in [3.05, 3.63) is 0 Å². The predicted molar refractivity (Wildman–Crippen MR) is 74.8 cm³/mol. The average Bonchev–Trinajstić information content (AvgIpc) is 3.11. The molecule has 2 unspecified atom stereocenters. The number of nitrogens with one attached hydrogen (secondary N) is 1. The van der Waals surface area contributed by atoms with E-state index in [0.717, 1.165) is 13.2 Å². The molecule has 18 heavy (non-hydrogen) atoms. The third-order valence-electron chi connectivity index (χ3n) is 3.91. The van der Waals surface area contributed by atoms with Gasteiger partial charge in [0, 0.05) is 25.7 Å². The third-order valence-corrected chi connectivity index (χ3v) is 3.91. The summed E-state index contributed by atoms with van der Waals surface area (Å²) in [5.41, 5.74) is -0.148. The predicted octanol–water partition coefficient (Wildman–Crippen LogP) is 1.09. The molecule has 1 saturated carbocycles. The van der Waals surface area contributed by atoms with Gasteiger partial charge >= 0.3 is 0 Å². The van der Waals surface area contributed by atoms with E-state index in [1.54, 1.807) is 7.11 Å². The molecule has 1 fully saturated rings. The van der Waals surface area contributed by atoms with Crippen LogP contribution in [-0.2, 0) is 4.74 Å². The Hall–Kier alpha value is -0.160. The molecule has 0 aromatic rings. The third kappa shape index (κ3) is 4.19. The molecule has 0 aliphatic heterocycles. The molecule has 0 aromatic heterocycles. The highest BCUT2D eigenvalue weighted by atomic mass is 16.5. The minimum absolute atomic E-state index is 0.148. The zero-order valence-electron chi connectivity index (χ0n) is 12.6. The zero-order valence-corrected chi connectivity index (χ0v) is 12.6. The number of aliphatic hydroxyl groups excluding tert-OH is 1. The highest BCUT2D eigenvalue weighted by Crippen LogP contribution is 2.40. The van der Waals surface area contributed by atoms with Crippen molar-refractivity contribution < 1.29 is 9.84 Å². The summed E-state index contributed by atoms with van der Waals surface area (Å²) in [4.78, 5) is 2.29. The molecule has 2 N–H and O–H groups in total. The second-order valence-electron chi connectivity index (χ2n) is 6.11. The van der Waals surface area contributed by atoms with Crippen molar-refractivity contribution in [2.45, 2.75) is 51.2 Å². The summed E-state index contributed by atoms with van der Waals surface area (Å²) in [6.45, 7) is 8.26. The molecular weight excluding hydrogens is 228 g/mol. The van der Waals surface area contributed by atoms with Crippen molar-refractivity contribution in [3.8, 4) is 0 Å². The van der Waals surface area contributed by atoms with E-state index < -0.39 is 0 Å². The van der Waals surface area contributed by atoms with Gasteiger partial charge < -0.3 is 15.2 Å². The molecule has 0 spiro atoms. The van der Waals surface area contributed by atoms with Crippen molar-refractivity contribution >= 4 is 0 Å². The molecule has 0 radical (unpaired) electrons. The van der Waals surface area contributed by atoms with Crippen molar-refractivity contribution in [3.63, 3.8) is 0 Å². The SMILES string of the molecule is COCC(C)N(C)CC(CO)(NC(C)C)C1CC1. The molecule has 4 heteroatoms. The van der Waals surface area contributed by atoms with Gasteiger partial charge in [0.1, 0.15) is 0 Å². The van der Waals surface area contributed by atoms with Gasteiger partial charge in [-0.1, -0.05) is 13.8 Å². The molecule has 0 saturated heterocycles. The van der Waals surface area contributed by atoms with Crippen LogP contribution in [0.1, 0.15) is 33.6 Å². The van der Waals surface area contributed by atoms with E-state index in [9.17, 15) is 5.11 Å². The first kappa shape index (κ1) is 15.9. The molecule has 0 amide bonds. The highest BCUT2D eigenvalue weighted by molar-refractivity contribution is 5.03. The van der Waals surface area contributed by atoms with Crippen LogP contribution in [0.4, 0.5) is 0 Å². The Morgan fingerprint density at radius 3 is 2.39 bits per heavy atom. The maximum absolute atomic E-state index is 9.88. The van der Waals surface area contributed by atoms with E-state index in [4.69, 9.17) is 4.74 Å². The van der Waals surface area contributed by atoms with E-state index in [1.807, 2.05) is 0 Å². The Labute approximate surface area is 112 Å². The molecule has 0 heterocycles. The molecule has 0 bridgehead atoms. The summed E-state index contributed by atoms with van der Waals surface area (Å²) in [6.07, 6.45) is 2.46. The topological polar surface area (TPSA) is 44.7 Å². The van der Waals surface area contributed by atoms with Gasteiger partial charge in [0.25, 0.3) is 0 Å². The highest BCUT2D eigenvalue weighted by Gasteiger charge is 2.45. The molecule has 1 aliphatic rings. The maximum atomic E-state index is 9.88. The van der Waals surface area contributed by atoms with Gasteiger partial charge in [0.2, 0.25) is 0 Å². The monoisotopic (exact) mass is 258 g/mol. The van der Waals surface area contributed by atoms with Gasteiger partial charge in [-0.25, -0.2) is 0 Å². The fraction of sp³-hybridized carbons (Fsp3) is 1.00. The van der Waals surface area contributed by atoms with Gasteiger partial charge in [0.05, 0.1) is 18.8 Å². The van der Waals surface area contributed by atoms with Crippen LogP contribution >= 0.6 is 0 Å². The second kappa shape index (κ2) is 6.85. The number of likely N-dealkylation sites (N-methyl/N-ethyl adjacent to an activating group) is 1. The number of rotatable bonds is 9. The molecule has 4 nitrogen and oxygen atoms in total. The zero-order chi connectivity index (χ0) is 13.8. The van der Waals surface area contributed by atoms with Crippen LogP contribution in [0.5, 0.6) is 0 Å². The van der Waals surface area contributed by atoms with Crippen molar-refractivity contribution in [2.75, 3.05) is 33.9 Å². The lowest BCUT2D eigenvalue weighted by molar-refractivity contribution is 0.0554. The first-order chi connectivity index (χ1) is 8.45. The molecule has 0 aromatic carbocycles. The van der Waals surface area contributed by atoms with Crippen LogP contribution in [0.3, 0.4) is 0 Å². The van der Waals surface area contributed by atoms with Gasteiger partial charge in [-0.3, -0.25) is 4.90 Å². The first-order valence-corrected chi connectivity index (χ1v) is 7.03. The summed E-state index contributed by atoms with van der Waals surface area (Å²) >= 11 is 0. The van der Waals surface area contributed by atoms with E-state index in [2.05, 4.69) is 38.0 Å². The Kier molecular flexibility index (Phi) is 6.05. The summed E-state index contributed by atoms with van der Waals surface area (Å²) in [5.74, 6) is 0.613. The summed E-state index contributed by atoms with van der Waals surface area (Å²) < 4.78 is 5.21. The van der Waals surface area contributed by atoms with Crippen LogP contribution in [0.2, 0.25) is 0 Å². The Balaban J connectivity index is 2.65. The van der Waals surface area contributed by atoms with Crippen LogP contribution in [-0.4, -0.2) is 61.5 Å². The summed E-state index contributed by atoms with van der Waals surface area (Å²) in [5, 5.41) is 13.5. The minimum atomic E-state index is -0.148. The lowest BCUT2D eigenvalue weighted by Gasteiger charge is -2.40. The fourth-order valence-corrected chi connectivity index (χ4v) is 2.70. The summed E-state index contributed by atoms with van der Waals surface area (Å²) in [6, 6.07) is 0.762. The van der Waals surface area contributed by atoms with Crippen LogP contribution in [0.25, 0.3) is 0 Å². The number of aliphatic hydroxyl groups is 1. The van der Waals surface area contributed by atoms with Gasteiger partial charge in [0.15, 0.2) is 0 Å². The largest absolute Gasteiger partial charge is 0.394 e. The van der Waals surface area contributed by atoms with E-state index in [1.165, 1.54) is 12.8 Å². The van der Waals surface area contributed by atoms with Crippen LogP contribution in [0.15, 0.2) is 0 Å². The second-order valence-corrected chi connectivity index (χ2v) is 6.11. The van der Waals surface area contributed by atoms with E-state index in [0.29, 0.717) is 18.0 Å². The quantitative estimate of drug-likeness (QED) is 0.650. The average molecular weight is 258 g/mol. The maximum Gasteiger partial charge on any atom is 0.0628 e. The Morgan fingerprint density at radius 2 is 2.00 bits per heavy atom. The number of hydrogen-bond donors (Lipinski definition) is 2. The van der Waals surface area contributed by atoms with Gasteiger partial charge in [-0.15, -0.1) is 0 Å². The normalized spacial score (nSPS) is 21.3. The van der Waals surface area contributed by atoms with Crippen LogP contribution in [0, 0.1) is 5.92 Å². The number of hydrogen-bond acceptors (Lipinski definition) is 4. The smallest absolute Gasteiger partial charge is 0.0628 e. The first-order valence-electron chi connectivity index (χ1n) is 7.03. The number of ether oxygens (including phenoxy) is 1. The molecule has 108 valence electrons. The van der Waals surface area contributed by atoms with Crippen molar-refractivity contribution in [2.24, 2.45) is 5.92 Å². The minimum Gasteiger partial charge on any atom is -0.394 e. The van der Waals surface area contributed by atoms with Crippen molar-refractivity contribution in [1.82, 2.24) is 10.2 Å². The molecule has 2 atom stereocenters. The van der Waals surface area contributed by atoms with E-state index in [-0.39, 0.29) is 12.1 Å². The summed E-state index contributed by atoms with van der Waals surface area (Å²) in [7, 11) is 3.84. The lowest BCUT2D eigenvalue weighted by atomic mass is 9.92. The molecule has 1 rings (SSSR count).